The second-order valence-corrected chi connectivity index (χ2v) is 12.5. The fraction of sp³-hybridized carbons (Fsp3) is 0.200. The van der Waals surface area contributed by atoms with E-state index in [0.717, 1.165) is 11.1 Å². The molecule has 0 spiro atoms. The Hall–Kier alpha value is -2.73. The van der Waals surface area contributed by atoms with Crippen molar-refractivity contribution in [3.63, 3.8) is 0 Å². The number of benzene rings is 2. The second kappa shape index (κ2) is 11.3. The van der Waals surface area contributed by atoms with E-state index in [9.17, 15) is 17.2 Å². The molecule has 0 bridgehead atoms. The fourth-order valence-corrected chi connectivity index (χ4v) is 6.20. The summed E-state index contributed by atoms with van der Waals surface area (Å²) < 4.78 is 55.7. The Morgan fingerprint density at radius 1 is 0.676 bits per heavy atom. The van der Waals surface area contributed by atoms with Gasteiger partial charge in [-0.3, -0.25) is 0 Å². The molecular weight excluding hydrogens is 533 g/mol. The minimum absolute atomic E-state index is 0.149. The van der Waals surface area contributed by atoms with Gasteiger partial charge in [0.1, 0.15) is 0 Å². The zero-order chi connectivity index (χ0) is 26.5. The molecule has 0 aromatic heterocycles. The molecule has 0 saturated heterocycles. The van der Waals surface area contributed by atoms with Crippen molar-refractivity contribution in [2.24, 2.45) is 0 Å². The Bertz CT molecular complexity index is 1310. The Kier molecular flexibility index (Phi) is 8.37. The summed E-state index contributed by atoms with van der Waals surface area (Å²) in [6, 6.07) is 18.9. The van der Waals surface area contributed by atoms with E-state index in [0.29, 0.717) is 22.3 Å². The SMILES string of the molecule is O=S(=O)(CC1=C(/C=C/c2ccccc2)CC(F)(Cl)C=C1)CC1=C(/C=C/c2ccccc2)CC(F)(Cl)C=C1. The summed E-state index contributed by atoms with van der Waals surface area (Å²) >= 11 is 11.9. The van der Waals surface area contributed by atoms with Gasteiger partial charge in [-0.05, 0) is 45.6 Å². The molecule has 7 heteroatoms. The molecule has 2 aromatic rings. The molecule has 2 atom stereocenters. The highest BCUT2D eigenvalue weighted by molar-refractivity contribution is 7.91. The minimum atomic E-state index is -3.70. The van der Waals surface area contributed by atoms with Gasteiger partial charge in [-0.1, -0.05) is 120 Å². The van der Waals surface area contributed by atoms with E-state index in [2.05, 4.69) is 0 Å². The van der Waals surface area contributed by atoms with Crippen molar-refractivity contribution < 1.29 is 17.2 Å². The van der Waals surface area contributed by atoms with Gasteiger partial charge in [0, 0.05) is 12.8 Å². The molecule has 0 aliphatic heterocycles. The van der Waals surface area contributed by atoms with Crippen LogP contribution in [-0.4, -0.2) is 30.2 Å². The second-order valence-electron chi connectivity index (χ2n) is 9.16. The van der Waals surface area contributed by atoms with Crippen LogP contribution < -0.4 is 0 Å². The van der Waals surface area contributed by atoms with Gasteiger partial charge in [-0.25, -0.2) is 17.2 Å². The summed E-state index contributed by atoms with van der Waals surface area (Å²) in [7, 11) is -3.70. The molecule has 192 valence electrons. The van der Waals surface area contributed by atoms with Crippen molar-refractivity contribution in [3.05, 3.63) is 131 Å². The van der Waals surface area contributed by atoms with Gasteiger partial charge in [-0.2, -0.15) is 0 Å². The first-order chi connectivity index (χ1) is 17.5. The predicted octanol–water partition coefficient (Wildman–Crippen LogP) is 8.15. The molecular formula is C30H26Cl2F2O2S. The highest BCUT2D eigenvalue weighted by Gasteiger charge is 2.32. The van der Waals surface area contributed by atoms with Crippen LogP contribution in [0.1, 0.15) is 24.0 Å². The maximum atomic E-state index is 14.6. The Morgan fingerprint density at radius 3 is 1.43 bits per heavy atom. The number of halogens is 4. The average Bonchev–Trinajstić information content (AvgIpc) is 2.85. The first-order valence-corrected chi connectivity index (χ1v) is 14.3. The molecule has 2 aliphatic carbocycles. The standard InChI is InChI=1S/C30H26Cl2F2O2S/c31-29(33)17-15-27(25(19-29)13-11-23-7-3-1-4-8-23)21-37(35,36)22-28-16-18-30(32,34)20-26(28)14-12-24-9-5-2-6-10-24/h1-18H,19-22H2/b13-11+,14-12+. The van der Waals surface area contributed by atoms with Crippen LogP contribution in [0.3, 0.4) is 0 Å². The topological polar surface area (TPSA) is 34.1 Å². The van der Waals surface area contributed by atoms with Crippen LogP contribution in [0.5, 0.6) is 0 Å². The molecule has 0 N–H and O–H groups in total. The van der Waals surface area contributed by atoms with Gasteiger partial charge in [0.2, 0.25) is 10.3 Å². The summed E-state index contributed by atoms with van der Waals surface area (Å²) in [6.45, 7) is 0. The van der Waals surface area contributed by atoms with E-state index in [1.54, 1.807) is 24.3 Å². The van der Waals surface area contributed by atoms with Crippen molar-refractivity contribution in [1.82, 2.24) is 0 Å². The lowest BCUT2D eigenvalue weighted by Crippen LogP contribution is -2.22. The zero-order valence-corrected chi connectivity index (χ0v) is 22.3. The zero-order valence-electron chi connectivity index (χ0n) is 20.0. The summed E-state index contributed by atoms with van der Waals surface area (Å²) in [5, 5.41) is -4.17. The molecule has 2 unspecified atom stereocenters. The number of hydrogen-bond acceptors (Lipinski definition) is 2. The van der Waals surface area contributed by atoms with Gasteiger partial charge in [0.25, 0.3) is 0 Å². The lowest BCUT2D eigenvalue weighted by molar-refractivity contribution is 0.342. The molecule has 2 aromatic carbocycles. The number of allylic oxidation sites excluding steroid dienone is 8. The fourth-order valence-electron chi connectivity index (χ4n) is 4.17. The number of hydrogen-bond donors (Lipinski definition) is 0. The molecule has 0 fully saturated rings. The number of sulfone groups is 1. The van der Waals surface area contributed by atoms with E-state index >= 15 is 0 Å². The monoisotopic (exact) mass is 558 g/mol. The van der Waals surface area contributed by atoms with Crippen LogP contribution in [0.15, 0.2) is 119 Å². The molecule has 0 heterocycles. The van der Waals surface area contributed by atoms with Crippen molar-refractivity contribution in [2.75, 3.05) is 11.5 Å². The summed E-state index contributed by atoms with van der Waals surface area (Å²) in [5.74, 6) is -0.612. The third kappa shape index (κ3) is 8.13. The molecule has 0 radical (unpaired) electrons. The first kappa shape index (κ1) is 27.3. The van der Waals surface area contributed by atoms with Crippen molar-refractivity contribution in [2.45, 2.75) is 23.1 Å². The third-order valence-electron chi connectivity index (χ3n) is 6.04. The highest BCUT2D eigenvalue weighted by atomic mass is 35.5. The summed E-state index contributed by atoms with van der Waals surface area (Å²) in [5.41, 5.74) is 3.75. The Labute approximate surface area is 226 Å². The van der Waals surface area contributed by atoms with Crippen LogP contribution in [0.4, 0.5) is 8.78 Å². The van der Waals surface area contributed by atoms with Gasteiger partial charge < -0.3 is 0 Å². The molecule has 0 saturated carbocycles. The quantitative estimate of drug-likeness (QED) is 0.306. The smallest absolute Gasteiger partial charge is 0.206 e. The van der Waals surface area contributed by atoms with Crippen molar-refractivity contribution >= 4 is 45.2 Å². The van der Waals surface area contributed by atoms with Crippen LogP contribution in [0, 0.1) is 0 Å². The highest BCUT2D eigenvalue weighted by Crippen LogP contribution is 2.37. The van der Waals surface area contributed by atoms with Crippen molar-refractivity contribution in [3.8, 4) is 0 Å². The van der Waals surface area contributed by atoms with Gasteiger partial charge in [0.15, 0.2) is 9.84 Å². The maximum absolute atomic E-state index is 14.6. The Balaban J connectivity index is 1.60. The van der Waals surface area contributed by atoms with E-state index in [4.69, 9.17) is 23.2 Å². The lowest BCUT2D eigenvalue weighted by Gasteiger charge is -2.23. The number of alkyl halides is 4. The average molecular weight is 560 g/mol. The Morgan fingerprint density at radius 2 is 1.05 bits per heavy atom. The minimum Gasteiger partial charge on any atom is -0.228 e. The molecule has 0 amide bonds. The van der Waals surface area contributed by atoms with E-state index < -0.39 is 20.1 Å². The summed E-state index contributed by atoms with van der Waals surface area (Å²) in [6.07, 6.45) is 11.9. The van der Waals surface area contributed by atoms with Crippen LogP contribution in [0.25, 0.3) is 12.2 Å². The number of rotatable bonds is 8. The van der Waals surface area contributed by atoms with Crippen molar-refractivity contribution in [1.29, 1.82) is 0 Å². The summed E-state index contributed by atoms with van der Waals surface area (Å²) in [4.78, 5) is 0. The van der Waals surface area contributed by atoms with E-state index in [1.165, 1.54) is 24.3 Å². The molecule has 4 rings (SSSR count). The van der Waals surface area contributed by atoms with Gasteiger partial charge >= 0.3 is 0 Å². The molecule has 37 heavy (non-hydrogen) atoms. The van der Waals surface area contributed by atoms with Crippen LogP contribution in [-0.2, 0) is 9.84 Å². The van der Waals surface area contributed by atoms with Gasteiger partial charge in [-0.15, -0.1) is 0 Å². The van der Waals surface area contributed by atoms with E-state index in [1.807, 2.05) is 60.7 Å². The van der Waals surface area contributed by atoms with E-state index in [-0.39, 0.29) is 24.3 Å². The normalized spacial score (nSPS) is 24.5. The maximum Gasteiger partial charge on any atom is 0.206 e. The first-order valence-electron chi connectivity index (χ1n) is 11.8. The lowest BCUT2D eigenvalue weighted by atomic mass is 9.96. The molecule has 2 nitrogen and oxygen atoms in total. The van der Waals surface area contributed by atoms with Crippen LogP contribution >= 0.6 is 23.2 Å². The molecule has 2 aliphatic rings. The largest absolute Gasteiger partial charge is 0.228 e. The van der Waals surface area contributed by atoms with Crippen LogP contribution in [0.2, 0.25) is 0 Å². The third-order valence-corrected chi connectivity index (χ3v) is 8.06. The predicted molar refractivity (Wildman–Crippen MR) is 151 cm³/mol. The van der Waals surface area contributed by atoms with Gasteiger partial charge in [0.05, 0.1) is 11.5 Å².